The molecule has 1 saturated heterocycles. The van der Waals surface area contributed by atoms with Gasteiger partial charge in [-0.1, -0.05) is 0 Å². The molecule has 3 atom stereocenters. The molecule has 0 amide bonds. The second-order valence-electron chi connectivity index (χ2n) is 7.87. The number of rotatable bonds is 5. The van der Waals surface area contributed by atoms with Crippen LogP contribution >= 0.6 is 0 Å². The van der Waals surface area contributed by atoms with Gasteiger partial charge < -0.3 is 21.2 Å². The van der Waals surface area contributed by atoms with Gasteiger partial charge in [0, 0.05) is 43.9 Å². The Morgan fingerprint density at radius 3 is 2.64 bits per heavy atom. The lowest BCUT2D eigenvalue weighted by molar-refractivity contribution is 0.138. The highest BCUT2D eigenvalue weighted by molar-refractivity contribution is 5.87. The van der Waals surface area contributed by atoms with Gasteiger partial charge in [-0.25, -0.2) is 9.18 Å². The topological polar surface area (TPSA) is 109 Å². The quantitative estimate of drug-likeness (QED) is 0.708. The van der Waals surface area contributed by atoms with Crippen LogP contribution in [0.25, 0.3) is 10.9 Å². The molecule has 4 N–H and O–H groups in total. The third kappa shape index (κ3) is 2.89. The average Bonchev–Trinajstić information content (AvgIpc) is 3.42. The van der Waals surface area contributed by atoms with E-state index >= 15 is 0 Å². The summed E-state index contributed by atoms with van der Waals surface area (Å²) < 4.78 is 22.0. The number of fused-ring (bicyclic) bond motifs is 1. The Kier molecular flexibility index (Phi) is 4.67. The number of hydrogen-bond donors (Lipinski definition) is 2. The molecule has 2 aromatic rings. The highest BCUT2D eigenvalue weighted by Gasteiger charge is 2.38. The first kappa shape index (κ1) is 18.9. The van der Waals surface area contributed by atoms with Crippen LogP contribution in [-0.4, -0.2) is 48.3 Å². The van der Waals surface area contributed by atoms with Crippen molar-refractivity contribution in [2.45, 2.75) is 38.0 Å². The third-order valence-electron chi connectivity index (χ3n) is 5.96. The lowest BCUT2D eigenvalue weighted by atomic mass is 9.99. The van der Waals surface area contributed by atoms with E-state index in [0.717, 1.165) is 24.1 Å². The number of benzene rings is 1. The number of alkyl halides is 1. The first-order valence-electron chi connectivity index (χ1n) is 9.54. The maximum absolute atomic E-state index is 14.6. The number of aromatic nitrogens is 2. The van der Waals surface area contributed by atoms with Gasteiger partial charge in [0.05, 0.1) is 17.5 Å². The summed E-state index contributed by atoms with van der Waals surface area (Å²) in [6, 6.07) is 3.14. The van der Waals surface area contributed by atoms with Crippen LogP contribution < -0.4 is 27.7 Å². The van der Waals surface area contributed by atoms with Gasteiger partial charge in [0.1, 0.15) is 6.17 Å². The Morgan fingerprint density at radius 1 is 1.29 bits per heavy atom. The number of nitrogens with two attached hydrogens (primary N) is 2. The van der Waals surface area contributed by atoms with Crippen molar-refractivity contribution in [3.63, 3.8) is 0 Å². The molecule has 2 fully saturated rings. The predicted molar refractivity (Wildman–Crippen MR) is 106 cm³/mol. The molecule has 1 saturated carbocycles. The highest BCUT2D eigenvalue weighted by atomic mass is 19.1. The van der Waals surface area contributed by atoms with Crippen LogP contribution in [0.4, 0.5) is 10.1 Å². The zero-order valence-electron chi connectivity index (χ0n) is 16.1. The summed E-state index contributed by atoms with van der Waals surface area (Å²) in [5.41, 5.74) is 7.24. The van der Waals surface area contributed by atoms with Crippen LogP contribution in [0, 0.1) is 12.8 Å². The number of anilines is 1. The first-order valence-corrected chi connectivity index (χ1v) is 9.54. The number of halogens is 1. The lowest BCUT2D eigenvalue weighted by Gasteiger charge is -2.24. The minimum atomic E-state index is -1.07. The van der Waals surface area contributed by atoms with Crippen molar-refractivity contribution in [3.8, 4) is 0 Å². The number of nitrogens with zero attached hydrogens (tertiary/aromatic N) is 3. The number of ether oxygens (including phenoxy) is 1. The van der Waals surface area contributed by atoms with Crippen molar-refractivity contribution < 1.29 is 9.13 Å². The highest BCUT2D eigenvalue weighted by Crippen LogP contribution is 2.38. The smallest absolute Gasteiger partial charge is 0.350 e. The molecule has 152 valence electrons. The van der Waals surface area contributed by atoms with Gasteiger partial charge in [-0.3, -0.25) is 9.36 Å². The number of hydrogen-bond acceptors (Lipinski definition) is 6. The average molecular weight is 391 g/mol. The minimum Gasteiger partial charge on any atom is -0.383 e. The fourth-order valence-electron chi connectivity index (χ4n) is 4.32. The molecule has 0 bridgehead atoms. The molecule has 4 rings (SSSR count). The van der Waals surface area contributed by atoms with E-state index in [0.29, 0.717) is 28.7 Å². The minimum absolute atomic E-state index is 0.0507. The largest absolute Gasteiger partial charge is 0.383 e. The summed E-state index contributed by atoms with van der Waals surface area (Å²) >= 11 is 0. The van der Waals surface area contributed by atoms with Gasteiger partial charge in [-0.2, -0.15) is 4.68 Å². The van der Waals surface area contributed by atoms with Gasteiger partial charge in [0.15, 0.2) is 0 Å². The normalized spacial score (nSPS) is 23.5. The predicted octanol–water partition coefficient (Wildman–Crippen LogP) is 0.268. The SMILES string of the molecule is COC[C@H](N)[C@H]1CN(c2ccc3c(=O)n(N)c(=O)n(C4CC4)c3c2C)C[C@H]1F. The molecular weight excluding hydrogens is 365 g/mol. The summed E-state index contributed by atoms with van der Waals surface area (Å²) in [4.78, 5) is 27.1. The molecule has 2 aliphatic rings. The van der Waals surface area contributed by atoms with Crippen molar-refractivity contribution in [3.05, 3.63) is 38.5 Å². The number of aryl methyl sites for hydroxylation is 1. The molecule has 1 aliphatic heterocycles. The monoisotopic (exact) mass is 391 g/mol. The van der Waals surface area contributed by atoms with Gasteiger partial charge in [0.25, 0.3) is 5.56 Å². The van der Waals surface area contributed by atoms with E-state index in [9.17, 15) is 14.0 Å². The van der Waals surface area contributed by atoms with Crippen molar-refractivity contribution in [2.24, 2.45) is 11.7 Å². The van der Waals surface area contributed by atoms with E-state index in [1.165, 1.54) is 0 Å². The maximum atomic E-state index is 14.6. The number of nitrogen functional groups attached to an aromatic ring is 1. The Hall–Kier alpha value is -2.39. The van der Waals surface area contributed by atoms with Crippen LogP contribution in [0.2, 0.25) is 0 Å². The van der Waals surface area contributed by atoms with Crippen LogP contribution in [0.15, 0.2) is 21.7 Å². The molecule has 1 aliphatic carbocycles. The molecule has 0 spiro atoms. The van der Waals surface area contributed by atoms with Crippen LogP contribution in [-0.2, 0) is 4.74 Å². The fraction of sp³-hybridized carbons (Fsp3) is 0.579. The van der Waals surface area contributed by atoms with E-state index < -0.39 is 17.4 Å². The van der Waals surface area contributed by atoms with Crippen molar-refractivity contribution in [1.82, 2.24) is 9.24 Å². The lowest BCUT2D eigenvalue weighted by Crippen LogP contribution is -2.44. The molecule has 28 heavy (non-hydrogen) atoms. The van der Waals surface area contributed by atoms with E-state index in [1.54, 1.807) is 23.8 Å². The summed E-state index contributed by atoms with van der Waals surface area (Å²) in [6.07, 6.45) is 0.685. The van der Waals surface area contributed by atoms with Gasteiger partial charge in [-0.05, 0) is 37.5 Å². The van der Waals surface area contributed by atoms with Crippen molar-refractivity contribution in [2.75, 3.05) is 37.5 Å². The van der Waals surface area contributed by atoms with E-state index in [4.69, 9.17) is 16.3 Å². The molecule has 0 radical (unpaired) electrons. The fourth-order valence-corrected chi connectivity index (χ4v) is 4.32. The molecule has 1 aromatic carbocycles. The van der Waals surface area contributed by atoms with Gasteiger partial charge in [0.2, 0.25) is 0 Å². The van der Waals surface area contributed by atoms with Gasteiger partial charge >= 0.3 is 5.69 Å². The Labute approximate surface area is 161 Å². The maximum Gasteiger partial charge on any atom is 0.350 e. The summed E-state index contributed by atoms with van der Waals surface area (Å²) in [5, 5.41) is 0.402. The zero-order chi connectivity index (χ0) is 20.2. The first-order chi connectivity index (χ1) is 13.3. The second-order valence-corrected chi connectivity index (χ2v) is 7.87. The summed E-state index contributed by atoms with van der Waals surface area (Å²) in [5.74, 6) is 5.37. The number of methoxy groups -OCH3 is 1. The Balaban J connectivity index is 1.81. The Morgan fingerprint density at radius 2 is 2.00 bits per heavy atom. The van der Waals surface area contributed by atoms with Crippen LogP contribution in [0.1, 0.15) is 24.4 Å². The second kappa shape index (κ2) is 6.89. The van der Waals surface area contributed by atoms with E-state index in [-0.39, 0.29) is 24.5 Å². The van der Waals surface area contributed by atoms with E-state index in [2.05, 4.69) is 0 Å². The van der Waals surface area contributed by atoms with Gasteiger partial charge in [-0.15, -0.1) is 0 Å². The molecular formula is C19H26FN5O3. The van der Waals surface area contributed by atoms with Crippen LogP contribution in [0.5, 0.6) is 0 Å². The van der Waals surface area contributed by atoms with E-state index in [1.807, 2.05) is 11.8 Å². The summed E-state index contributed by atoms with van der Waals surface area (Å²) in [6.45, 7) is 2.84. The summed E-state index contributed by atoms with van der Waals surface area (Å²) in [7, 11) is 1.55. The molecule has 8 nitrogen and oxygen atoms in total. The standard InChI is InChI=1S/C19H26FN5O3/c1-10-16(23-7-13(14(20)8-23)15(21)9-28-2)6-5-12-17(10)24(11-3-4-11)19(27)25(22)18(12)26/h5-6,11,13-15H,3-4,7-9,21-22H2,1-2H3/t13-,14+,15-/m0/s1. The molecule has 1 aromatic heterocycles. The zero-order valence-corrected chi connectivity index (χ0v) is 16.1. The Bertz CT molecular complexity index is 1030. The molecule has 2 heterocycles. The van der Waals surface area contributed by atoms with Crippen molar-refractivity contribution >= 4 is 16.6 Å². The molecule has 0 unspecified atom stereocenters. The van der Waals surface area contributed by atoms with Crippen LogP contribution in [0.3, 0.4) is 0 Å². The third-order valence-corrected chi connectivity index (χ3v) is 5.96. The molecule has 9 heteroatoms. The van der Waals surface area contributed by atoms with Crippen molar-refractivity contribution in [1.29, 1.82) is 0 Å².